The first-order valence-corrected chi connectivity index (χ1v) is 10.3. The second-order valence-electron chi connectivity index (χ2n) is 8.95. The Morgan fingerprint density at radius 1 is 1.23 bits per heavy atom. The molecule has 160 valence electrons. The Hall–Kier alpha value is -3.25. The van der Waals surface area contributed by atoms with E-state index in [0.717, 1.165) is 12.0 Å². The Kier molecular flexibility index (Phi) is 4.21. The van der Waals surface area contributed by atoms with Gasteiger partial charge in [-0.3, -0.25) is 4.79 Å². The van der Waals surface area contributed by atoms with Gasteiger partial charge >= 0.3 is 0 Å². The molecular formula is C25H24O6. The van der Waals surface area contributed by atoms with Gasteiger partial charge in [0.25, 0.3) is 0 Å². The molecule has 0 bridgehead atoms. The molecule has 0 radical (unpaired) electrons. The van der Waals surface area contributed by atoms with Crippen LogP contribution < -0.4 is 10.2 Å². The molecular weight excluding hydrogens is 396 g/mol. The molecule has 0 saturated heterocycles. The summed E-state index contributed by atoms with van der Waals surface area (Å²) in [5, 5.41) is 31.3. The average Bonchev–Trinajstić information content (AvgIpc) is 3.09. The van der Waals surface area contributed by atoms with Crippen molar-refractivity contribution in [2.45, 2.75) is 44.3 Å². The fourth-order valence-electron chi connectivity index (χ4n) is 5.15. The number of aromatic hydroxyl groups is 2. The molecule has 31 heavy (non-hydrogen) atoms. The number of fused-ring (bicyclic) bond motifs is 5. The van der Waals surface area contributed by atoms with Gasteiger partial charge in [0.2, 0.25) is 5.43 Å². The standard InChI is InChI=1S/C25H24O6/c1-12(2)15-8-9-25(3,29)24-19(15)21-18(31-24)10-17(27)20-22(28)16(11-30-23(20)21)13-4-6-14(26)7-5-13/h4-7,10-11,15,19,24,26-27,29H,1,8-9H2,2-3H3/t15-,19+,24-,25?/m0/s1. The van der Waals surface area contributed by atoms with Crippen LogP contribution in [0.2, 0.25) is 0 Å². The zero-order valence-corrected chi connectivity index (χ0v) is 17.4. The van der Waals surface area contributed by atoms with Crippen molar-refractivity contribution in [2.24, 2.45) is 5.92 Å². The van der Waals surface area contributed by atoms with Crippen LogP contribution in [0.25, 0.3) is 22.1 Å². The smallest absolute Gasteiger partial charge is 0.204 e. The van der Waals surface area contributed by atoms with Crippen molar-refractivity contribution in [1.82, 2.24) is 0 Å². The van der Waals surface area contributed by atoms with Gasteiger partial charge in [-0.15, -0.1) is 0 Å². The molecule has 2 heterocycles. The second-order valence-corrected chi connectivity index (χ2v) is 8.95. The molecule has 3 aromatic rings. The van der Waals surface area contributed by atoms with E-state index in [2.05, 4.69) is 6.58 Å². The molecule has 1 aliphatic heterocycles. The van der Waals surface area contributed by atoms with Gasteiger partial charge in [-0.05, 0) is 50.3 Å². The van der Waals surface area contributed by atoms with E-state index in [9.17, 15) is 20.1 Å². The molecule has 6 heteroatoms. The first kappa shape index (κ1) is 19.7. The lowest BCUT2D eigenvalue weighted by molar-refractivity contribution is -0.0823. The largest absolute Gasteiger partial charge is 0.508 e. The summed E-state index contributed by atoms with van der Waals surface area (Å²) in [6.07, 6.45) is 2.16. The highest BCUT2D eigenvalue weighted by Crippen LogP contribution is 2.56. The molecule has 4 atom stereocenters. The number of phenols is 2. The van der Waals surface area contributed by atoms with Crippen LogP contribution in [0, 0.1) is 5.92 Å². The van der Waals surface area contributed by atoms with Gasteiger partial charge < -0.3 is 24.5 Å². The molecule has 0 amide bonds. The SMILES string of the molecule is C=C(C)[C@@H]1CCC(C)(O)[C@H]2Oc3cc(O)c4c(=O)c(-c5ccc(O)cc5)coc4c3[C@@H]12. The summed E-state index contributed by atoms with van der Waals surface area (Å²) in [6.45, 7) is 7.85. The van der Waals surface area contributed by atoms with E-state index in [-0.39, 0.29) is 45.3 Å². The van der Waals surface area contributed by atoms with Crippen LogP contribution in [0.1, 0.15) is 38.2 Å². The molecule has 1 unspecified atom stereocenters. The van der Waals surface area contributed by atoms with Crippen molar-refractivity contribution < 1.29 is 24.5 Å². The number of benzene rings is 2. The van der Waals surface area contributed by atoms with Crippen LogP contribution in [-0.2, 0) is 0 Å². The first-order chi connectivity index (χ1) is 14.7. The topological polar surface area (TPSA) is 100 Å². The van der Waals surface area contributed by atoms with E-state index in [1.807, 2.05) is 6.92 Å². The summed E-state index contributed by atoms with van der Waals surface area (Å²) in [5.74, 6) is 0.110. The third-order valence-corrected chi connectivity index (χ3v) is 6.76. The molecule has 1 saturated carbocycles. The van der Waals surface area contributed by atoms with E-state index >= 15 is 0 Å². The zero-order valence-electron chi connectivity index (χ0n) is 17.4. The van der Waals surface area contributed by atoms with Crippen molar-refractivity contribution in [1.29, 1.82) is 0 Å². The molecule has 1 aromatic heterocycles. The maximum atomic E-state index is 13.3. The van der Waals surface area contributed by atoms with Crippen LogP contribution in [-0.4, -0.2) is 27.0 Å². The van der Waals surface area contributed by atoms with Gasteiger partial charge in [-0.25, -0.2) is 0 Å². The molecule has 5 rings (SSSR count). The van der Waals surface area contributed by atoms with Gasteiger partial charge in [0.15, 0.2) is 0 Å². The highest BCUT2D eigenvalue weighted by molar-refractivity contribution is 5.92. The maximum absolute atomic E-state index is 13.3. The highest BCUT2D eigenvalue weighted by Gasteiger charge is 2.53. The van der Waals surface area contributed by atoms with Crippen molar-refractivity contribution in [3.63, 3.8) is 0 Å². The van der Waals surface area contributed by atoms with E-state index < -0.39 is 11.7 Å². The van der Waals surface area contributed by atoms with Crippen LogP contribution >= 0.6 is 0 Å². The third kappa shape index (κ3) is 2.86. The van der Waals surface area contributed by atoms with E-state index in [0.29, 0.717) is 23.3 Å². The minimum absolute atomic E-state index is 0.0568. The number of hydrogen-bond donors (Lipinski definition) is 3. The fourth-order valence-corrected chi connectivity index (χ4v) is 5.15. The number of allylic oxidation sites excluding steroid dienone is 1. The molecule has 6 nitrogen and oxygen atoms in total. The van der Waals surface area contributed by atoms with Crippen molar-refractivity contribution >= 4 is 11.0 Å². The normalized spacial score (nSPS) is 26.9. The predicted octanol–water partition coefficient (Wildman–Crippen LogP) is 4.45. The lowest BCUT2D eigenvalue weighted by Crippen LogP contribution is -2.50. The molecule has 3 N–H and O–H groups in total. The van der Waals surface area contributed by atoms with Crippen molar-refractivity contribution in [3.05, 3.63) is 64.5 Å². The first-order valence-electron chi connectivity index (χ1n) is 10.3. The number of aliphatic hydroxyl groups is 1. The quantitative estimate of drug-likeness (QED) is 0.530. The maximum Gasteiger partial charge on any atom is 0.204 e. The molecule has 1 fully saturated rings. The Morgan fingerprint density at radius 2 is 1.94 bits per heavy atom. The Bertz CT molecular complexity index is 1270. The summed E-state index contributed by atoms with van der Waals surface area (Å²) in [4.78, 5) is 13.3. The Morgan fingerprint density at radius 3 is 2.61 bits per heavy atom. The van der Waals surface area contributed by atoms with Crippen LogP contribution in [0.15, 0.2) is 58.0 Å². The van der Waals surface area contributed by atoms with Crippen molar-refractivity contribution in [2.75, 3.05) is 0 Å². The summed E-state index contributed by atoms with van der Waals surface area (Å²) in [6, 6.07) is 7.65. The second kappa shape index (κ2) is 6.62. The minimum Gasteiger partial charge on any atom is -0.508 e. The van der Waals surface area contributed by atoms with E-state index in [1.165, 1.54) is 24.5 Å². The summed E-state index contributed by atoms with van der Waals surface area (Å²) in [7, 11) is 0. The third-order valence-electron chi connectivity index (χ3n) is 6.76. The van der Waals surface area contributed by atoms with E-state index in [4.69, 9.17) is 9.15 Å². The lowest BCUT2D eigenvalue weighted by atomic mass is 9.66. The molecule has 2 aromatic carbocycles. The number of hydrogen-bond acceptors (Lipinski definition) is 6. The Balaban J connectivity index is 1.76. The lowest BCUT2D eigenvalue weighted by Gasteiger charge is -2.42. The number of rotatable bonds is 2. The van der Waals surface area contributed by atoms with Crippen LogP contribution in [0.5, 0.6) is 17.2 Å². The molecule has 2 aliphatic rings. The predicted molar refractivity (Wildman–Crippen MR) is 117 cm³/mol. The van der Waals surface area contributed by atoms with Gasteiger partial charge in [0, 0.05) is 17.5 Å². The summed E-state index contributed by atoms with van der Waals surface area (Å²) >= 11 is 0. The van der Waals surface area contributed by atoms with Crippen LogP contribution in [0.4, 0.5) is 0 Å². The highest BCUT2D eigenvalue weighted by atomic mass is 16.5. The summed E-state index contributed by atoms with van der Waals surface area (Å²) in [5.41, 5.74) is 1.38. The average molecular weight is 420 g/mol. The molecule has 1 aliphatic carbocycles. The fraction of sp³-hybridized carbons (Fsp3) is 0.320. The Labute approximate surface area is 179 Å². The summed E-state index contributed by atoms with van der Waals surface area (Å²) < 4.78 is 12.1. The molecule has 0 spiro atoms. The van der Waals surface area contributed by atoms with E-state index in [1.54, 1.807) is 19.1 Å². The van der Waals surface area contributed by atoms with Gasteiger partial charge in [0.05, 0.1) is 11.2 Å². The van der Waals surface area contributed by atoms with Gasteiger partial charge in [-0.2, -0.15) is 0 Å². The monoisotopic (exact) mass is 420 g/mol. The van der Waals surface area contributed by atoms with Crippen molar-refractivity contribution in [3.8, 4) is 28.4 Å². The minimum atomic E-state index is -1.05. The zero-order chi connectivity index (χ0) is 22.1. The van der Waals surface area contributed by atoms with Crippen LogP contribution in [0.3, 0.4) is 0 Å². The number of ether oxygens (including phenoxy) is 1. The van der Waals surface area contributed by atoms with Gasteiger partial charge in [0.1, 0.15) is 40.6 Å². The van der Waals surface area contributed by atoms with Gasteiger partial charge in [-0.1, -0.05) is 24.3 Å². The number of phenolic OH excluding ortho intramolecular Hbond substituents is 2.